The molecule has 112 valence electrons. The minimum Gasteiger partial charge on any atom is -0.383 e. The topological polar surface area (TPSA) is 79.5 Å². The van der Waals surface area contributed by atoms with Crippen molar-refractivity contribution in [2.24, 2.45) is 0 Å². The molecule has 2 unspecified atom stereocenters. The highest BCUT2D eigenvalue weighted by atomic mass is 16.5. The molecule has 0 aromatic carbocycles. The summed E-state index contributed by atoms with van der Waals surface area (Å²) >= 11 is 0. The van der Waals surface area contributed by atoms with Gasteiger partial charge in [-0.05, 0) is 20.3 Å². The van der Waals surface area contributed by atoms with Crippen LogP contribution in [0.5, 0.6) is 0 Å². The molecule has 0 saturated heterocycles. The number of rotatable bonds is 10. The Bertz CT molecular complexity index is 272. The third-order valence-electron chi connectivity index (χ3n) is 2.70. The number of hydrogen-bond donors (Lipinski definition) is 3. The second-order valence-corrected chi connectivity index (χ2v) is 4.64. The second kappa shape index (κ2) is 10.8. The summed E-state index contributed by atoms with van der Waals surface area (Å²) < 4.78 is 4.82. The molecular formula is C13H27N3O3. The van der Waals surface area contributed by atoms with Gasteiger partial charge in [-0.2, -0.15) is 0 Å². The molecule has 0 fully saturated rings. The zero-order valence-corrected chi connectivity index (χ0v) is 12.4. The number of ether oxygens (including phenoxy) is 1. The van der Waals surface area contributed by atoms with Gasteiger partial charge in [0.05, 0.1) is 19.2 Å². The highest BCUT2D eigenvalue weighted by molar-refractivity contribution is 5.83. The average Bonchev–Trinajstić information content (AvgIpc) is 2.36. The average molecular weight is 273 g/mol. The van der Waals surface area contributed by atoms with Gasteiger partial charge < -0.3 is 15.4 Å². The molecule has 2 amide bonds. The summed E-state index contributed by atoms with van der Waals surface area (Å²) in [6, 6.07) is -0.218. The standard InChI is InChI=1S/C13H27N3O3/c1-5-6-10(2)16-13(18)11(3)15-9-12(17)14-7-8-19-4/h10-11,15H,5-9H2,1-4H3,(H,14,17)(H,16,18). The second-order valence-electron chi connectivity index (χ2n) is 4.64. The lowest BCUT2D eigenvalue weighted by Gasteiger charge is -2.18. The molecule has 6 heteroatoms. The van der Waals surface area contributed by atoms with Crippen LogP contribution in [0.3, 0.4) is 0 Å². The SMILES string of the molecule is CCCC(C)NC(=O)C(C)NCC(=O)NCCOC. The molecule has 0 aliphatic carbocycles. The molecule has 0 bridgehead atoms. The van der Waals surface area contributed by atoms with Crippen LogP contribution in [0.25, 0.3) is 0 Å². The zero-order chi connectivity index (χ0) is 14.7. The Kier molecular flexibility index (Phi) is 10.1. The zero-order valence-electron chi connectivity index (χ0n) is 12.4. The van der Waals surface area contributed by atoms with Crippen LogP contribution >= 0.6 is 0 Å². The summed E-state index contributed by atoms with van der Waals surface area (Å²) in [5.74, 6) is -0.219. The molecule has 0 spiro atoms. The maximum absolute atomic E-state index is 11.8. The van der Waals surface area contributed by atoms with Gasteiger partial charge in [0, 0.05) is 19.7 Å². The Hall–Kier alpha value is -1.14. The fraction of sp³-hybridized carbons (Fsp3) is 0.846. The molecule has 0 aliphatic heterocycles. The summed E-state index contributed by atoms with van der Waals surface area (Å²) in [7, 11) is 1.58. The van der Waals surface area contributed by atoms with Gasteiger partial charge in [0.25, 0.3) is 0 Å². The van der Waals surface area contributed by atoms with Crippen LogP contribution < -0.4 is 16.0 Å². The van der Waals surface area contributed by atoms with E-state index in [1.807, 2.05) is 6.92 Å². The summed E-state index contributed by atoms with van der Waals surface area (Å²) in [6.45, 7) is 6.89. The third kappa shape index (κ3) is 9.44. The molecule has 0 aromatic rings. The van der Waals surface area contributed by atoms with E-state index < -0.39 is 0 Å². The molecule has 0 radical (unpaired) electrons. The van der Waals surface area contributed by atoms with E-state index in [9.17, 15) is 9.59 Å². The summed E-state index contributed by atoms with van der Waals surface area (Å²) in [4.78, 5) is 23.2. The predicted octanol–water partition coefficient (Wildman–Crippen LogP) is 0.0319. The number of amides is 2. The van der Waals surface area contributed by atoms with Crippen molar-refractivity contribution >= 4 is 11.8 Å². The van der Waals surface area contributed by atoms with Crippen LogP contribution in [0, 0.1) is 0 Å². The van der Waals surface area contributed by atoms with Crippen LogP contribution in [0.1, 0.15) is 33.6 Å². The Morgan fingerprint density at radius 1 is 1.26 bits per heavy atom. The van der Waals surface area contributed by atoms with E-state index in [0.29, 0.717) is 13.2 Å². The summed E-state index contributed by atoms with van der Waals surface area (Å²) in [5, 5.41) is 8.48. The first-order chi connectivity index (χ1) is 9.01. The lowest BCUT2D eigenvalue weighted by atomic mass is 10.2. The van der Waals surface area contributed by atoms with Gasteiger partial charge in [0.15, 0.2) is 0 Å². The molecule has 0 rings (SSSR count). The highest BCUT2D eigenvalue weighted by Gasteiger charge is 2.15. The number of nitrogens with one attached hydrogen (secondary N) is 3. The van der Waals surface area contributed by atoms with Crippen LogP contribution in [-0.4, -0.2) is 50.7 Å². The van der Waals surface area contributed by atoms with Crippen molar-refractivity contribution in [1.82, 2.24) is 16.0 Å². The van der Waals surface area contributed by atoms with Crippen molar-refractivity contribution in [2.45, 2.75) is 45.7 Å². The fourth-order valence-electron chi connectivity index (χ4n) is 1.57. The fourth-order valence-corrected chi connectivity index (χ4v) is 1.57. The molecule has 2 atom stereocenters. The van der Waals surface area contributed by atoms with Crippen molar-refractivity contribution < 1.29 is 14.3 Å². The maximum atomic E-state index is 11.8. The van der Waals surface area contributed by atoms with E-state index in [-0.39, 0.29) is 30.4 Å². The van der Waals surface area contributed by atoms with Gasteiger partial charge >= 0.3 is 0 Å². The van der Waals surface area contributed by atoms with Crippen molar-refractivity contribution in [3.63, 3.8) is 0 Å². The quantitative estimate of drug-likeness (QED) is 0.491. The maximum Gasteiger partial charge on any atom is 0.237 e. The minimum atomic E-state index is -0.382. The Balaban J connectivity index is 3.80. The van der Waals surface area contributed by atoms with Crippen molar-refractivity contribution in [3.8, 4) is 0 Å². The molecule has 19 heavy (non-hydrogen) atoms. The van der Waals surface area contributed by atoms with Gasteiger partial charge in [0.2, 0.25) is 11.8 Å². The molecule has 3 N–H and O–H groups in total. The molecule has 0 aromatic heterocycles. The third-order valence-corrected chi connectivity index (χ3v) is 2.70. The number of hydrogen-bond acceptors (Lipinski definition) is 4. The van der Waals surface area contributed by atoms with Crippen LogP contribution in [0.4, 0.5) is 0 Å². The van der Waals surface area contributed by atoms with Crippen molar-refractivity contribution in [3.05, 3.63) is 0 Å². The van der Waals surface area contributed by atoms with Gasteiger partial charge in [-0.1, -0.05) is 13.3 Å². The number of carbonyl (C=O) groups excluding carboxylic acids is 2. The molecular weight excluding hydrogens is 246 g/mol. The minimum absolute atomic E-state index is 0.0781. The Morgan fingerprint density at radius 2 is 1.95 bits per heavy atom. The van der Waals surface area contributed by atoms with Gasteiger partial charge in [-0.15, -0.1) is 0 Å². The van der Waals surface area contributed by atoms with E-state index in [4.69, 9.17) is 4.74 Å². The molecule has 0 aliphatic rings. The monoisotopic (exact) mass is 273 g/mol. The number of methoxy groups -OCH3 is 1. The molecule has 0 heterocycles. The smallest absolute Gasteiger partial charge is 0.237 e. The Labute approximate surface area is 115 Å². The van der Waals surface area contributed by atoms with E-state index in [1.165, 1.54) is 0 Å². The summed E-state index contributed by atoms with van der Waals surface area (Å²) in [5.41, 5.74) is 0. The normalized spacial score (nSPS) is 13.7. The summed E-state index contributed by atoms with van der Waals surface area (Å²) in [6.07, 6.45) is 1.99. The Morgan fingerprint density at radius 3 is 2.53 bits per heavy atom. The lowest BCUT2D eigenvalue weighted by Crippen LogP contribution is -2.48. The van der Waals surface area contributed by atoms with Crippen molar-refractivity contribution in [1.29, 1.82) is 0 Å². The van der Waals surface area contributed by atoms with E-state index in [0.717, 1.165) is 12.8 Å². The van der Waals surface area contributed by atoms with Gasteiger partial charge in [0.1, 0.15) is 0 Å². The van der Waals surface area contributed by atoms with E-state index >= 15 is 0 Å². The first kappa shape index (κ1) is 17.9. The predicted molar refractivity (Wildman–Crippen MR) is 74.9 cm³/mol. The number of carbonyl (C=O) groups is 2. The van der Waals surface area contributed by atoms with Crippen molar-refractivity contribution in [2.75, 3.05) is 26.8 Å². The molecule has 6 nitrogen and oxygen atoms in total. The first-order valence-electron chi connectivity index (χ1n) is 6.80. The highest BCUT2D eigenvalue weighted by Crippen LogP contribution is 1.95. The largest absolute Gasteiger partial charge is 0.383 e. The first-order valence-corrected chi connectivity index (χ1v) is 6.80. The van der Waals surface area contributed by atoms with Crippen LogP contribution in [-0.2, 0) is 14.3 Å². The van der Waals surface area contributed by atoms with Crippen LogP contribution in [0.2, 0.25) is 0 Å². The molecule has 0 saturated carbocycles. The van der Waals surface area contributed by atoms with Crippen LogP contribution in [0.15, 0.2) is 0 Å². The van der Waals surface area contributed by atoms with E-state index in [2.05, 4.69) is 22.9 Å². The lowest BCUT2D eigenvalue weighted by molar-refractivity contribution is -0.124. The van der Waals surface area contributed by atoms with Gasteiger partial charge in [-0.25, -0.2) is 0 Å². The van der Waals surface area contributed by atoms with Gasteiger partial charge in [-0.3, -0.25) is 14.9 Å². The van der Waals surface area contributed by atoms with E-state index in [1.54, 1.807) is 14.0 Å².